The lowest BCUT2D eigenvalue weighted by atomic mass is 10.00. The molecule has 0 aliphatic rings. The lowest BCUT2D eigenvalue weighted by Gasteiger charge is -2.13. The zero-order valence-corrected chi connectivity index (χ0v) is 18.5. The first-order chi connectivity index (χ1) is 15.3. The summed E-state index contributed by atoms with van der Waals surface area (Å²) in [6.45, 7) is 5.39. The Hall–Kier alpha value is -3.44. The number of esters is 1. The fourth-order valence-electron chi connectivity index (χ4n) is 3.62. The van der Waals surface area contributed by atoms with E-state index < -0.39 is 17.2 Å². The summed E-state index contributed by atoms with van der Waals surface area (Å²) in [6, 6.07) is 14.4. The molecule has 0 spiro atoms. The van der Waals surface area contributed by atoms with Gasteiger partial charge in [-0.25, -0.2) is 9.18 Å². The number of aryl methyl sites for hydroxylation is 3. The van der Waals surface area contributed by atoms with Crippen LogP contribution in [0, 0.1) is 19.7 Å². The fourth-order valence-corrected chi connectivity index (χ4v) is 3.88. The molecule has 1 heterocycles. The van der Waals surface area contributed by atoms with Crippen molar-refractivity contribution in [2.75, 3.05) is 0 Å². The van der Waals surface area contributed by atoms with E-state index in [1.165, 1.54) is 24.3 Å². The van der Waals surface area contributed by atoms with Gasteiger partial charge in [-0.05, 0) is 56.2 Å². The number of carbonyl (C=O) groups excluding carboxylic acids is 1. The molecule has 0 unspecified atom stereocenters. The van der Waals surface area contributed by atoms with Gasteiger partial charge < -0.3 is 9.15 Å². The zero-order valence-electron chi connectivity index (χ0n) is 17.8. The van der Waals surface area contributed by atoms with E-state index in [1.54, 1.807) is 25.1 Å². The average molecular weight is 451 g/mol. The summed E-state index contributed by atoms with van der Waals surface area (Å²) in [5, 5.41) is 0.385. The SMILES string of the molecule is CCc1cc2c(=O)c(-c3c(F)cccc3Cl)c(C)oc2cc1OC(=O)c1ccc(C)cc1. The van der Waals surface area contributed by atoms with Crippen molar-refractivity contribution < 1.29 is 18.3 Å². The van der Waals surface area contributed by atoms with Crippen LogP contribution in [0.15, 0.2) is 63.8 Å². The molecule has 0 saturated heterocycles. The number of rotatable bonds is 4. The van der Waals surface area contributed by atoms with Gasteiger partial charge in [0.15, 0.2) is 0 Å². The van der Waals surface area contributed by atoms with Gasteiger partial charge in [0.05, 0.1) is 21.5 Å². The molecule has 0 amide bonds. The molecule has 0 radical (unpaired) electrons. The number of halogens is 2. The van der Waals surface area contributed by atoms with Gasteiger partial charge in [-0.2, -0.15) is 0 Å². The number of benzene rings is 3. The van der Waals surface area contributed by atoms with Gasteiger partial charge in [-0.1, -0.05) is 42.3 Å². The maximum Gasteiger partial charge on any atom is 0.343 e. The molecule has 4 rings (SSSR count). The van der Waals surface area contributed by atoms with Crippen molar-refractivity contribution in [2.24, 2.45) is 0 Å². The number of hydrogen-bond acceptors (Lipinski definition) is 4. The van der Waals surface area contributed by atoms with Crippen LogP contribution in [-0.2, 0) is 6.42 Å². The van der Waals surface area contributed by atoms with E-state index in [0.29, 0.717) is 23.3 Å². The third kappa shape index (κ3) is 3.92. The van der Waals surface area contributed by atoms with E-state index in [4.69, 9.17) is 20.8 Å². The molecule has 0 fully saturated rings. The topological polar surface area (TPSA) is 56.5 Å². The van der Waals surface area contributed by atoms with E-state index in [2.05, 4.69) is 0 Å². The lowest BCUT2D eigenvalue weighted by molar-refractivity contribution is 0.0733. The van der Waals surface area contributed by atoms with Crippen molar-refractivity contribution >= 4 is 28.5 Å². The van der Waals surface area contributed by atoms with Crippen molar-refractivity contribution in [1.29, 1.82) is 0 Å². The van der Waals surface area contributed by atoms with E-state index in [9.17, 15) is 14.0 Å². The Morgan fingerprint density at radius 1 is 1.06 bits per heavy atom. The summed E-state index contributed by atoms with van der Waals surface area (Å²) in [5.41, 5.74) is 2.03. The molecule has 4 aromatic rings. The third-order valence-corrected chi connectivity index (χ3v) is 5.65. The number of ether oxygens (including phenoxy) is 1. The Kier molecular flexibility index (Phi) is 5.85. The molecule has 0 saturated carbocycles. The molecular weight excluding hydrogens is 431 g/mol. The minimum absolute atomic E-state index is 0.00948. The lowest BCUT2D eigenvalue weighted by Crippen LogP contribution is -2.12. The maximum absolute atomic E-state index is 14.5. The van der Waals surface area contributed by atoms with Crippen molar-refractivity contribution in [2.45, 2.75) is 27.2 Å². The highest BCUT2D eigenvalue weighted by molar-refractivity contribution is 6.33. The first-order valence-electron chi connectivity index (χ1n) is 10.1. The Labute approximate surface area is 189 Å². The summed E-state index contributed by atoms with van der Waals surface area (Å²) in [5.74, 6) is -0.584. The second-order valence-corrected chi connectivity index (χ2v) is 7.93. The summed E-state index contributed by atoms with van der Waals surface area (Å²) >= 11 is 6.19. The first kappa shape index (κ1) is 21.8. The Bertz CT molecular complexity index is 1380. The quantitative estimate of drug-likeness (QED) is 0.258. The van der Waals surface area contributed by atoms with Crippen LogP contribution in [0.2, 0.25) is 5.02 Å². The molecule has 162 valence electrons. The molecule has 0 atom stereocenters. The fraction of sp³-hybridized carbons (Fsp3) is 0.154. The van der Waals surface area contributed by atoms with Crippen LogP contribution in [0.5, 0.6) is 5.75 Å². The Morgan fingerprint density at radius 2 is 1.78 bits per heavy atom. The van der Waals surface area contributed by atoms with E-state index in [1.807, 2.05) is 26.0 Å². The molecule has 3 aromatic carbocycles. The predicted molar refractivity (Wildman–Crippen MR) is 123 cm³/mol. The Morgan fingerprint density at radius 3 is 2.44 bits per heavy atom. The summed E-state index contributed by atoms with van der Waals surface area (Å²) in [7, 11) is 0. The van der Waals surface area contributed by atoms with Crippen LogP contribution in [-0.4, -0.2) is 5.97 Å². The smallest absolute Gasteiger partial charge is 0.343 e. The van der Waals surface area contributed by atoms with Crippen LogP contribution in [0.4, 0.5) is 4.39 Å². The summed E-state index contributed by atoms with van der Waals surface area (Å²) in [4.78, 5) is 25.9. The van der Waals surface area contributed by atoms with Crippen LogP contribution in [0.1, 0.15) is 34.2 Å². The Balaban J connectivity index is 1.84. The molecule has 0 aliphatic heterocycles. The molecule has 0 aliphatic carbocycles. The van der Waals surface area contributed by atoms with E-state index >= 15 is 0 Å². The minimum atomic E-state index is -0.605. The van der Waals surface area contributed by atoms with Crippen LogP contribution >= 0.6 is 11.6 Å². The van der Waals surface area contributed by atoms with Gasteiger partial charge in [0, 0.05) is 11.6 Å². The third-order valence-electron chi connectivity index (χ3n) is 5.33. The second-order valence-electron chi connectivity index (χ2n) is 7.52. The minimum Gasteiger partial charge on any atom is -0.460 e. The van der Waals surface area contributed by atoms with Crippen molar-refractivity contribution in [3.63, 3.8) is 0 Å². The number of fused-ring (bicyclic) bond motifs is 1. The number of carbonyl (C=O) groups is 1. The average Bonchev–Trinajstić information content (AvgIpc) is 2.75. The van der Waals surface area contributed by atoms with E-state index in [-0.39, 0.29) is 32.9 Å². The van der Waals surface area contributed by atoms with Crippen LogP contribution in [0.25, 0.3) is 22.1 Å². The van der Waals surface area contributed by atoms with Gasteiger partial charge in [0.2, 0.25) is 5.43 Å². The van der Waals surface area contributed by atoms with Gasteiger partial charge in [0.25, 0.3) is 0 Å². The number of hydrogen-bond donors (Lipinski definition) is 0. The van der Waals surface area contributed by atoms with Crippen molar-refractivity contribution in [3.05, 3.63) is 98.1 Å². The maximum atomic E-state index is 14.5. The predicted octanol–water partition coefficient (Wildman–Crippen LogP) is 6.65. The molecule has 1 aromatic heterocycles. The van der Waals surface area contributed by atoms with Gasteiger partial charge >= 0.3 is 5.97 Å². The van der Waals surface area contributed by atoms with Gasteiger partial charge in [0.1, 0.15) is 22.9 Å². The summed E-state index contributed by atoms with van der Waals surface area (Å²) < 4.78 is 26.0. The van der Waals surface area contributed by atoms with Gasteiger partial charge in [-0.3, -0.25) is 4.79 Å². The van der Waals surface area contributed by atoms with Crippen molar-refractivity contribution in [3.8, 4) is 16.9 Å². The normalized spacial score (nSPS) is 11.0. The highest BCUT2D eigenvalue weighted by atomic mass is 35.5. The summed E-state index contributed by atoms with van der Waals surface area (Å²) in [6.07, 6.45) is 0.509. The molecular formula is C26H20ClFO4. The molecule has 4 nitrogen and oxygen atoms in total. The molecule has 0 N–H and O–H groups in total. The van der Waals surface area contributed by atoms with Crippen LogP contribution in [0.3, 0.4) is 0 Å². The molecule has 32 heavy (non-hydrogen) atoms. The van der Waals surface area contributed by atoms with E-state index in [0.717, 1.165) is 5.56 Å². The zero-order chi connectivity index (χ0) is 23.0. The van der Waals surface area contributed by atoms with Crippen molar-refractivity contribution in [1.82, 2.24) is 0 Å². The molecule has 6 heteroatoms. The molecule has 0 bridgehead atoms. The van der Waals surface area contributed by atoms with Crippen LogP contribution < -0.4 is 10.2 Å². The second kappa shape index (κ2) is 8.60. The van der Waals surface area contributed by atoms with Gasteiger partial charge in [-0.15, -0.1) is 0 Å². The largest absolute Gasteiger partial charge is 0.460 e. The highest BCUT2D eigenvalue weighted by Gasteiger charge is 2.21. The first-order valence-corrected chi connectivity index (χ1v) is 10.5. The highest BCUT2D eigenvalue weighted by Crippen LogP contribution is 2.34. The monoisotopic (exact) mass is 450 g/mol. The standard InChI is InChI=1S/C26H20ClFO4/c1-4-16-12-18-22(13-21(16)32-26(30)17-10-8-14(2)9-11-17)31-15(3)23(25(18)29)24-19(27)6-5-7-20(24)28/h5-13H,4H2,1-3H3.